The molecule has 2 saturated heterocycles. The van der Waals surface area contributed by atoms with Crippen molar-refractivity contribution < 1.29 is 14.6 Å². The van der Waals surface area contributed by atoms with E-state index in [0.29, 0.717) is 18.2 Å². The predicted octanol–water partition coefficient (Wildman–Crippen LogP) is 0.747. The van der Waals surface area contributed by atoms with Crippen LogP contribution in [0.1, 0.15) is 11.7 Å². The summed E-state index contributed by atoms with van der Waals surface area (Å²) in [6, 6.07) is 5.02. The molecule has 8 heteroatoms. The molecule has 0 aromatic carbocycles. The zero-order valence-electron chi connectivity index (χ0n) is 12.2. The summed E-state index contributed by atoms with van der Waals surface area (Å²) in [6.45, 7) is 0.979. The second-order valence-electron chi connectivity index (χ2n) is 5.72. The Kier molecular flexibility index (Phi) is 4.04. The Morgan fingerprint density at radius 3 is 3.09 bits per heavy atom. The first kappa shape index (κ1) is 15.0. The molecule has 0 radical (unpaired) electrons. The monoisotopic (exact) mass is 336 g/mol. The van der Waals surface area contributed by atoms with E-state index >= 15 is 0 Å². The summed E-state index contributed by atoms with van der Waals surface area (Å²) in [6.07, 6.45) is 3.52. The van der Waals surface area contributed by atoms with Crippen LogP contribution in [0.4, 0.5) is 0 Å². The molecular weight excluding hydrogens is 320 g/mol. The van der Waals surface area contributed by atoms with E-state index < -0.39 is 18.4 Å². The summed E-state index contributed by atoms with van der Waals surface area (Å²) < 4.78 is 13.1. The van der Waals surface area contributed by atoms with Crippen LogP contribution < -0.4 is 5.32 Å². The topological polar surface area (TPSA) is 81.4 Å². The quantitative estimate of drug-likeness (QED) is 0.857. The molecule has 4 rings (SSSR count). The summed E-state index contributed by atoms with van der Waals surface area (Å²) in [4.78, 5) is 4.28. The smallest absolute Gasteiger partial charge is 0.183 e. The maximum Gasteiger partial charge on any atom is 0.183 e. The van der Waals surface area contributed by atoms with Crippen LogP contribution >= 0.6 is 11.6 Å². The molecule has 0 spiro atoms. The molecule has 0 saturated carbocycles. The van der Waals surface area contributed by atoms with Crippen molar-refractivity contribution in [2.24, 2.45) is 0 Å². The number of aliphatic hydroxyl groups is 1. The number of aliphatic hydroxyl groups excluding tert-OH is 1. The number of pyridine rings is 1. The number of halogens is 1. The minimum absolute atomic E-state index is 0.194. The van der Waals surface area contributed by atoms with Gasteiger partial charge in [-0.1, -0.05) is 17.7 Å². The van der Waals surface area contributed by atoms with E-state index in [1.807, 2.05) is 18.2 Å². The Morgan fingerprint density at radius 2 is 2.35 bits per heavy atom. The highest BCUT2D eigenvalue weighted by molar-refractivity contribution is 6.30. The van der Waals surface area contributed by atoms with Gasteiger partial charge in [0, 0.05) is 18.9 Å². The zero-order valence-corrected chi connectivity index (χ0v) is 13.0. The molecule has 2 N–H and O–H groups in total. The standard InChI is InChI=1S/C15H17ClN4O3/c16-9-5-19-20(7-9)13-14(21)12(11-8-22-15(13)23-11)18-6-10-3-1-2-4-17-10/h1-5,7,11-15,18,21H,6,8H2/t11-,12-,13-,14+,15-/m1/s1. The molecule has 2 aromatic rings. The second-order valence-corrected chi connectivity index (χ2v) is 6.16. The Hall–Kier alpha value is -1.51. The van der Waals surface area contributed by atoms with Gasteiger partial charge >= 0.3 is 0 Å². The van der Waals surface area contributed by atoms with Crippen LogP contribution in [0.3, 0.4) is 0 Å². The number of aromatic nitrogens is 3. The van der Waals surface area contributed by atoms with Gasteiger partial charge in [0.05, 0.1) is 35.7 Å². The van der Waals surface area contributed by atoms with Crippen LogP contribution in [-0.4, -0.2) is 51.0 Å². The Labute approximate surface area is 138 Å². The number of rotatable bonds is 4. The van der Waals surface area contributed by atoms with Crippen LogP contribution in [0.5, 0.6) is 0 Å². The third-order valence-electron chi connectivity index (χ3n) is 4.25. The van der Waals surface area contributed by atoms with Crippen molar-refractivity contribution in [2.75, 3.05) is 6.61 Å². The maximum absolute atomic E-state index is 10.8. The SMILES string of the molecule is O[C@H]1[C@H](NCc2ccccn2)[C@H]2CO[C@H](O2)[C@@H]1n1cc(Cl)cn1. The van der Waals surface area contributed by atoms with Crippen LogP contribution in [0, 0.1) is 0 Å². The molecule has 0 amide bonds. The van der Waals surface area contributed by atoms with Crippen molar-refractivity contribution in [1.29, 1.82) is 0 Å². The van der Waals surface area contributed by atoms with Crippen LogP contribution in [0.25, 0.3) is 0 Å². The molecule has 7 nitrogen and oxygen atoms in total. The summed E-state index contributed by atoms with van der Waals surface area (Å²) in [5.41, 5.74) is 0.902. The minimum atomic E-state index is -0.707. The van der Waals surface area contributed by atoms with Gasteiger partial charge < -0.3 is 19.9 Å². The van der Waals surface area contributed by atoms with Crippen molar-refractivity contribution in [2.45, 2.75) is 37.1 Å². The van der Waals surface area contributed by atoms with Crippen LogP contribution in [-0.2, 0) is 16.0 Å². The third kappa shape index (κ3) is 2.86. The van der Waals surface area contributed by atoms with Crippen LogP contribution in [0.15, 0.2) is 36.8 Å². The molecule has 2 aromatic heterocycles. The first-order valence-electron chi connectivity index (χ1n) is 7.50. The second kappa shape index (κ2) is 6.18. The van der Waals surface area contributed by atoms with Crippen molar-refractivity contribution in [1.82, 2.24) is 20.1 Å². The van der Waals surface area contributed by atoms with Gasteiger partial charge in [-0.3, -0.25) is 9.67 Å². The first-order valence-corrected chi connectivity index (χ1v) is 7.88. The van der Waals surface area contributed by atoms with Gasteiger partial charge in [0.2, 0.25) is 0 Å². The normalized spacial score (nSPS) is 33.0. The fraction of sp³-hybridized carbons (Fsp3) is 0.467. The molecule has 23 heavy (non-hydrogen) atoms. The predicted molar refractivity (Wildman–Crippen MR) is 81.8 cm³/mol. The fourth-order valence-corrected chi connectivity index (χ4v) is 3.28. The highest BCUT2D eigenvalue weighted by atomic mass is 35.5. The molecule has 2 aliphatic heterocycles. The van der Waals surface area contributed by atoms with Gasteiger partial charge in [-0.25, -0.2) is 0 Å². The number of nitrogens with one attached hydrogen (secondary N) is 1. The average molecular weight is 337 g/mol. The van der Waals surface area contributed by atoms with E-state index in [1.54, 1.807) is 17.1 Å². The molecule has 0 aliphatic carbocycles. The number of nitrogens with zero attached hydrogens (tertiary/aromatic N) is 3. The zero-order chi connectivity index (χ0) is 15.8. The van der Waals surface area contributed by atoms with Gasteiger partial charge in [-0.2, -0.15) is 5.10 Å². The van der Waals surface area contributed by atoms with Crippen LogP contribution in [0.2, 0.25) is 5.02 Å². The third-order valence-corrected chi connectivity index (χ3v) is 4.45. The Morgan fingerprint density at radius 1 is 1.43 bits per heavy atom. The van der Waals surface area contributed by atoms with E-state index in [2.05, 4.69) is 15.4 Å². The Balaban J connectivity index is 1.52. The summed E-state index contributed by atoms with van der Waals surface area (Å²) in [5, 5.41) is 18.8. The van der Waals surface area contributed by atoms with E-state index in [9.17, 15) is 5.11 Å². The number of ether oxygens (including phenoxy) is 2. The van der Waals surface area contributed by atoms with Crippen molar-refractivity contribution >= 4 is 11.6 Å². The Bertz CT molecular complexity index is 668. The molecule has 4 heterocycles. The fourth-order valence-electron chi connectivity index (χ4n) is 3.14. The lowest BCUT2D eigenvalue weighted by molar-refractivity contribution is -0.168. The first-order chi connectivity index (χ1) is 11.2. The van der Waals surface area contributed by atoms with E-state index in [4.69, 9.17) is 21.1 Å². The molecule has 0 unspecified atom stereocenters. The van der Waals surface area contributed by atoms with E-state index in [-0.39, 0.29) is 12.1 Å². The molecule has 122 valence electrons. The lowest BCUT2D eigenvalue weighted by atomic mass is 9.96. The van der Waals surface area contributed by atoms with E-state index in [1.165, 1.54) is 6.20 Å². The summed E-state index contributed by atoms with van der Waals surface area (Å²) >= 11 is 5.94. The molecular formula is C15H17ClN4O3. The molecule has 2 aliphatic rings. The van der Waals surface area contributed by atoms with E-state index in [0.717, 1.165) is 5.69 Å². The highest BCUT2D eigenvalue weighted by Crippen LogP contribution is 2.35. The molecule has 2 bridgehead atoms. The summed E-state index contributed by atoms with van der Waals surface area (Å²) in [5.74, 6) is 0. The van der Waals surface area contributed by atoms with Gasteiger partial charge in [-0.15, -0.1) is 0 Å². The number of hydrogen-bond donors (Lipinski definition) is 2. The number of hydrogen-bond acceptors (Lipinski definition) is 6. The lowest BCUT2D eigenvalue weighted by Gasteiger charge is -2.38. The largest absolute Gasteiger partial charge is 0.389 e. The van der Waals surface area contributed by atoms with Crippen molar-refractivity contribution in [3.05, 3.63) is 47.5 Å². The van der Waals surface area contributed by atoms with Gasteiger partial charge in [0.1, 0.15) is 12.1 Å². The number of fused-ring (bicyclic) bond motifs is 2. The maximum atomic E-state index is 10.8. The average Bonchev–Trinajstić information content (AvgIpc) is 3.17. The van der Waals surface area contributed by atoms with Gasteiger partial charge in [-0.05, 0) is 12.1 Å². The van der Waals surface area contributed by atoms with Gasteiger partial charge in [0.25, 0.3) is 0 Å². The molecule has 2 fully saturated rings. The lowest BCUT2D eigenvalue weighted by Crippen LogP contribution is -2.57. The van der Waals surface area contributed by atoms with Gasteiger partial charge in [0.15, 0.2) is 6.29 Å². The molecule has 5 atom stereocenters. The van der Waals surface area contributed by atoms with Crippen molar-refractivity contribution in [3.63, 3.8) is 0 Å². The summed E-state index contributed by atoms with van der Waals surface area (Å²) in [7, 11) is 0. The minimum Gasteiger partial charge on any atom is -0.389 e. The highest BCUT2D eigenvalue weighted by Gasteiger charge is 2.51. The van der Waals surface area contributed by atoms with Crippen molar-refractivity contribution in [3.8, 4) is 0 Å².